The van der Waals surface area contributed by atoms with Gasteiger partial charge < -0.3 is 15.2 Å². The predicted molar refractivity (Wildman–Crippen MR) is 88.1 cm³/mol. The van der Waals surface area contributed by atoms with Crippen LogP contribution in [-0.4, -0.2) is 7.11 Å². The van der Waals surface area contributed by atoms with Crippen molar-refractivity contribution in [2.75, 3.05) is 7.11 Å². The second-order valence-electron chi connectivity index (χ2n) is 4.45. The van der Waals surface area contributed by atoms with Gasteiger partial charge in [-0.25, -0.2) is 0 Å². The minimum atomic E-state index is -0.202. The number of hydrogen-bond acceptors (Lipinski definition) is 3. The summed E-state index contributed by atoms with van der Waals surface area (Å²) >= 11 is 0. The van der Waals surface area contributed by atoms with Gasteiger partial charge in [-0.2, -0.15) is 0 Å². The van der Waals surface area contributed by atoms with E-state index in [1.807, 2.05) is 48.5 Å². The van der Waals surface area contributed by atoms with Gasteiger partial charge in [-0.15, -0.1) is 19.0 Å². The molecule has 1 atom stereocenters. The van der Waals surface area contributed by atoms with Gasteiger partial charge in [-0.1, -0.05) is 42.5 Å². The Morgan fingerprint density at radius 1 is 1.14 bits per heavy atom. The molecular weight excluding hydrogens is 286 g/mol. The van der Waals surface area contributed by atoms with Crippen LogP contribution in [0.2, 0.25) is 0 Å². The van der Waals surface area contributed by atoms with Gasteiger partial charge >= 0.3 is 0 Å². The van der Waals surface area contributed by atoms with Crippen LogP contribution in [0.1, 0.15) is 17.2 Å². The lowest BCUT2D eigenvalue weighted by Gasteiger charge is -2.14. The second-order valence-corrected chi connectivity index (χ2v) is 4.45. The average molecular weight is 306 g/mol. The highest BCUT2D eigenvalue weighted by Crippen LogP contribution is 2.30. The third-order valence-electron chi connectivity index (χ3n) is 3.06. The van der Waals surface area contributed by atoms with Crippen molar-refractivity contribution in [3.8, 4) is 11.5 Å². The van der Waals surface area contributed by atoms with Crippen LogP contribution in [-0.2, 0) is 6.61 Å². The molecule has 0 unspecified atom stereocenters. The van der Waals surface area contributed by atoms with E-state index in [9.17, 15) is 0 Å². The maximum absolute atomic E-state index is 5.92. The van der Waals surface area contributed by atoms with Crippen LogP contribution in [0.4, 0.5) is 0 Å². The van der Waals surface area contributed by atoms with Gasteiger partial charge in [0.05, 0.1) is 7.11 Å². The molecule has 2 N–H and O–H groups in total. The fraction of sp³-hybridized carbons (Fsp3) is 0.176. The lowest BCUT2D eigenvalue weighted by atomic mass is 10.1. The molecule has 0 bridgehead atoms. The summed E-state index contributed by atoms with van der Waals surface area (Å²) in [6, 6.07) is 15.5. The fourth-order valence-corrected chi connectivity index (χ4v) is 1.88. The maximum atomic E-state index is 5.92. The first-order valence-electron chi connectivity index (χ1n) is 6.47. The van der Waals surface area contributed by atoms with Crippen LogP contribution >= 0.6 is 12.4 Å². The number of ether oxygens (including phenoxy) is 2. The minimum Gasteiger partial charge on any atom is -0.493 e. The highest BCUT2D eigenvalue weighted by molar-refractivity contribution is 5.85. The summed E-state index contributed by atoms with van der Waals surface area (Å²) < 4.78 is 11.1. The number of rotatable bonds is 6. The molecule has 0 aliphatic carbocycles. The van der Waals surface area contributed by atoms with Crippen LogP contribution < -0.4 is 15.2 Å². The zero-order chi connectivity index (χ0) is 14.4. The van der Waals surface area contributed by atoms with E-state index in [-0.39, 0.29) is 18.4 Å². The van der Waals surface area contributed by atoms with Gasteiger partial charge in [-0.05, 0) is 23.3 Å². The van der Waals surface area contributed by atoms with E-state index < -0.39 is 0 Å². The summed E-state index contributed by atoms with van der Waals surface area (Å²) in [5.41, 5.74) is 7.98. The summed E-state index contributed by atoms with van der Waals surface area (Å²) in [5.74, 6) is 1.38. The Morgan fingerprint density at radius 3 is 2.48 bits per heavy atom. The normalized spacial score (nSPS) is 11.1. The molecule has 0 fully saturated rings. The molecule has 0 saturated heterocycles. The molecule has 2 aromatic rings. The molecule has 0 radical (unpaired) electrons. The standard InChI is InChI=1S/C17H19NO2.ClH/c1-3-15(18)14-9-10-16(17(11-14)19-2)20-12-13-7-5-4-6-8-13;/h3-11,15H,1,12,18H2,2H3;1H/t15-;/m1./s1. The first kappa shape index (κ1) is 17.1. The van der Waals surface area contributed by atoms with E-state index in [0.717, 1.165) is 11.1 Å². The van der Waals surface area contributed by atoms with Crippen molar-refractivity contribution in [2.45, 2.75) is 12.6 Å². The topological polar surface area (TPSA) is 44.5 Å². The first-order valence-corrected chi connectivity index (χ1v) is 6.47. The molecule has 0 amide bonds. The Hall–Kier alpha value is -1.97. The number of benzene rings is 2. The van der Waals surface area contributed by atoms with Crippen LogP contribution in [0.3, 0.4) is 0 Å². The second kappa shape index (κ2) is 8.35. The smallest absolute Gasteiger partial charge is 0.161 e. The number of methoxy groups -OCH3 is 1. The highest BCUT2D eigenvalue weighted by atomic mass is 35.5. The zero-order valence-electron chi connectivity index (χ0n) is 12.0. The summed E-state index contributed by atoms with van der Waals surface area (Å²) in [6.07, 6.45) is 1.69. The summed E-state index contributed by atoms with van der Waals surface area (Å²) in [5, 5.41) is 0. The van der Waals surface area contributed by atoms with Gasteiger partial charge in [-0.3, -0.25) is 0 Å². The van der Waals surface area contributed by atoms with E-state index in [4.69, 9.17) is 15.2 Å². The summed E-state index contributed by atoms with van der Waals surface area (Å²) in [6.45, 7) is 4.20. The van der Waals surface area contributed by atoms with Crippen molar-refractivity contribution >= 4 is 12.4 Å². The largest absolute Gasteiger partial charge is 0.493 e. The van der Waals surface area contributed by atoms with Crippen molar-refractivity contribution in [1.29, 1.82) is 0 Å². The van der Waals surface area contributed by atoms with Gasteiger partial charge in [0.25, 0.3) is 0 Å². The van der Waals surface area contributed by atoms with Crippen molar-refractivity contribution in [3.63, 3.8) is 0 Å². The Balaban J connectivity index is 0.00000220. The summed E-state index contributed by atoms with van der Waals surface area (Å²) in [4.78, 5) is 0. The van der Waals surface area contributed by atoms with Crippen LogP contribution in [0, 0.1) is 0 Å². The van der Waals surface area contributed by atoms with E-state index in [1.165, 1.54) is 0 Å². The quantitative estimate of drug-likeness (QED) is 0.824. The minimum absolute atomic E-state index is 0. The molecule has 2 rings (SSSR count). The van der Waals surface area contributed by atoms with Crippen molar-refractivity contribution in [1.82, 2.24) is 0 Å². The molecule has 3 nitrogen and oxygen atoms in total. The molecule has 0 aliphatic heterocycles. The van der Waals surface area contributed by atoms with Gasteiger partial charge in [0, 0.05) is 6.04 Å². The van der Waals surface area contributed by atoms with E-state index >= 15 is 0 Å². The number of halogens is 1. The van der Waals surface area contributed by atoms with E-state index in [0.29, 0.717) is 18.1 Å². The van der Waals surface area contributed by atoms with Gasteiger partial charge in [0.15, 0.2) is 11.5 Å². The molecule has 112 valence electrons. The third-order valence-corrected chi connectivity index (χ3v) is 3.06. The fourth-order valence-electron chi connectivity index (χ4n) is 1.88. The molecule has 21 heavy (non-hydrogen) atoms. The molecular formula is C17H20ClNO2. The van der Waals surface area contributed by atoms with E-state index in [2.05, 4.69) is 6.58 Å². The lowest BCUT2D eigenvalue weighted by molar-refractivity contribution is 0.284. The third kappa shape index (κ3) is 4.52. The highest BCUT2D eigenvalue weighted by Gasteiger charge is 2.09. The monoisotopic (exact) mass is 305 g/mol. The zero-order valence-corrected chi connectivity index (χ0v) is 12.8. The summed E-state index contributed by atoms with van der Waals surface area (Å²) in [7, 11) is 1.62. The molecule has 0 aromatic heterocycles. The predicted octanol–water partition coefficient (Wildman–Crippen LogP) is 3.88. The number of nitrogens with two attached hydrogens (primary N) is 1. The van der Waals surface area contributed by atoms with E-state index in [1.54, 1.807) is 13.2 Å². The Labute approximate surface area is 131 Å². The van der Waals surface area contributed by atoms with Crippen molar-refractivity contribution in [2.24, 2.45) is 5.73 Å². The van der Waals surface area contributed by atoms with Crippen LogP contribution in [0.25, 0.3) is 0 Å². The molecule has 0 spiro atoms. The number of hydrogen-bond donors (Lipinski definition) is 1. The van der Waals surface area contributed by atoms with Crippen LogP contribution in [0.5, 0.6) is 11.5 Å². The first-order chi connectivity index (χ1) is 9.74. The van der Waals surface area contributed by atoms with Gasteiger partial charge in [0.2, 0.25) is 0 Å². The molecule has 0 aliphatic rings. The Kier molecular flexibility index (Phi) is 6.79. The van der Waals surface area contributed by atoms with Crippen LogP contribution in [0.15, 0.2) is 61.2 Å². The van der Waals surface area contributed by atoms with Crippen molar-refractivity contribution in [3.05, 3.63) is 72.3 Å². The molecule has 4 heteroatoms. The molecule has 2 aromatic carbocycles. The van der Waals surface area contributed by atoms with Gasteiger partial charge in [0.1, 0.15) is 6.61 Å². The lowest BCUT2D eigenvalue weighted by Crippen LogP contribution is -2.07. The Bertz CT molecular complexity index is 572. The van der Waals surface area contributed by atoms with Crippen molar-refractivity contribution < 1.29 is 9.47 Å². The average Bonchev–Trinajstić information content (AvgIpc) is 2.53. The maximum Gasteiger partial charge on any atom is 0.161 e. The SMILES string of the molecule is C=C[C@@H](N)c1ccc(OCc2ccccc2)c(OC)c1.Cl. The Morgan fingerprint density at radius 2 is 1.86 bits per heavy atom. The molecule has 0 heterocycles. The molecule has 0 saturated carbocycles.